The predicted octanol–water partition coefficient (Wildman–Crippen LogP) is 4.11. The van der Waals surface area contributed by atoms with Gasteiger partial charge in [-0.05, 0) is 72.5 Å². The van der Waals surface area contributed by atoms with Crippen molar-refractivity contribution < 1.29 is 10.2 Å². The second-order valence-corrected chi connectivity index (χ2v) is 4.89. The van der Waals surface area contributed by atoms with Crippen LogP contribution in [-0.2, 0) is 0 Å². The van der Waals surface area contributed by atoms with Gasteiger partial charge in [-0.2, -0.15) is 10.2 Å². The van der Waals surface area contributed by atoms with Crippen LogP contribution in [0.2, 0.25) is 0 Å². The van der Waals surface area contributed by atoms with Crippen molar-refractivity contribution >= 4 is 11.4 Å². The molecule has 114 valence electrons. The lowest BCUT2D eigenvalue weighted by Gasteiger charge is -2.05. The van der Waals surface area contributed by atoms with E-state index in [1.807, 2.05) is 38.1 Å². The average molecular weight is 296 g/mol. The zero-order valence-electron chi connectivity index (χ0n) is 12.8. The summed E-state index contributed by atoms with van der Waals surface area (Å²) in [6, 6.07) is 13.9. The van der Waals surface area contributed by atoms with Crippen molar-refractivity contribution in [3.63, 3.8) is 0 Å². The fourth-order valence-electron chi connectivity index (χ4n) is 2.09. The first-order chi connectivity index (χ1) is 10.6. The molecule has 0 aromatic heterocycles. The summed E-state index contributed by atoms with van der Waals surface area (Å²) in [5.74, 6) is 0.474. The van der Waals surface area contributed by atoms with Crippen molar-refractivity contribution in [2.75, 3.05) is 0 Å². The lowest BCUT2D eigenvalue weighted by atomic mass is 10.1. The van der Waals surface area contributed by atoms with E-state index in [4.69, 9.17) is 0 Å². The Morgan fingerprint density at radius 2 is 1.00 bits per heavy atom. The second kappa shape index (κ2) is 7.41. The number of benzene rings is 2. The topological polar surface area (TPSA) is 65.2 Å². The summed E-state index contributed by atoms with van der Waals surface area (Å²) in [4.78, 5) is 0. The van der Waals surface area contributed by atoms with Crippen LogP contribution in [0.1, 0.15) is 37.8 Å². The van der Waals surface area contributed by atoms with Crippen molar-refractivity contribution in [3.8, 4) is 11.5 Å². The predicted molar refractivity (Wildman–Crippen MR) is 89.9 cm³/mol. The monoisotopic (exact) mass is 296 g/mol. The molecule has 2 aromatic rings. The molecular formula is C18H20N2O2. The van der Waals surface area contributed by atoms with Gasteiger partial charge in [-0.3, -0.25) is 0 Å². The lowest BCUT2D eigenvalue weighted by molar-refractivity contribution is 0.474. The standard InChI is InChI=1S/C18H20N2O2/c1-3-17(13-5-9-15(21)10-6-13)19-20-18(4-2)14-7-11-16(22)12-8-14/h5-12,21-22H,3-4H2,1-2H3/b19-17+,20-18+. The van der Waals surface area contributed by atoms with Gasteiger partial charge in [-0.15, -0.1) is 0 Å². The van der Waals surface area contributed by atoms with Crippen LogP contribution in [0.4, 0.5) is 0 Å². The Balaban J connectivity index is 2.31. The van der Waals surface area contributed by atoms with Crippen LogP contribution in [0.5, 0.6) is 11.5 Å². The molecule has 0 saturated carbocycles. The molecule has 4 nitrogen and oxygen atoms in total. The van der Waals surface area contributed by atoms with Gasteiger partial charge in [0.15, 0.2) is 0 Å². The van der Waals surface area contributed by atoms with E-state index in [1.54, 1.807) is 24.3 Å². The van der Waals surface area contributed by atoms with Crippen LogP contribution in [0, 0.1) is 0 Å². The van der Waals surface area contributed by atoms with E-state index in [9.17, 15) is 10.2 Å². The summed E-state index contributed by atoms with van der Waals surface area (Å²) in [6.45, 7) is 4.04. The molecule has 22 heavy (non-hydrogen) atoms. The highest BCUT2D eigenvalue weighted by molar-refractivity contribution is 6.03. The minimum atomic E-state index is 0.237. The maximum absolute atomic E-state index is 9.35. The number of hydrogen-bond donors (Lipinski definition) is 2. The van der Waals surface area contributed by atoms with Crippen molar-refractivity contribution in [2.45, 2.75) is 26.7 Å². The Kier molecular flexibility index (Phi) is 5.31. The van der Waals surface area contributed by atoms with Crippen LogP contribution in [0.25, 0.3) is 0 Å². The molecule has 0 aliphatic rings. The normalized spacial score (nSPS) is 12.5. The van der Waals surface area contributed by atoms with Crippen LogP contribution in [0.3, 0.4) is 0 Å². The molecule has 0 aliphatic heterocycles. The Morgan fingerprint density at radius 1 is 0.682 bits per heavy atom. The summed E-state index contributed by atoms with van der Waals surface area (Å²) >= 11 is 0. The summed E-state index contributed by atoms with van der Waals surface area (Å²) in [6.07, 6.45) is 1.50. The smallest absolute Gasteiger partial charge is 0.115 e. The first kappa shape index (κ1) is 15.8. The van der Waals surface area contributed by atoms with E-state index < -0.39 is 0 Å². The summed E-state index contributed by atoms with van der Waals surface area (Å²) in [5, 5.41) is 27.4. The highest BCUT2D eigenvalue weighted by Gasteiger charge is 2.04. The number of hydrogen-bond acceptors (Lipinski definition) is 4. The van der Waals surface area contributed by atoms with E-state index >= 15 is 0 Å². The molecule has 0 heterocycles. The van der Waals surface area contributed by atoms with Crippen molar-refractivity contribution in [2.24, 2.45) is 10.2 Å². The van der Waals surface area contributed by atoms with Gasteiger partial charge in [0, 0.05) is 0 Å². The molecule has 0 spiro atoms. The van der Waals surface area contributed by atoms with E-state index in [1.165, 1.54) is 0 Å². The quantitative estimate of drug-likeness (QED) is 0.644. The molecule has 0 amide bonds. The molecule has 0 saturated heterocycles. The molecular weight excluding hydrogens is 276 g/mol. The summed E-state index contributed by atoms with van der Waals surface area (Å²) in [7, 11) is 0. The third-order valence-electron chi connectivity index (χ3n) is 3.36. The van der Waals surface area contributed by atoms with Gasteiger partial charge in [0.05, 0.1) is 11.4 Å². The lowest BCUT2D eigenvalue weighted by Crippen LogP contribution is -2.01. The Bertz CT molecular complexity index is 610. The highest BCUT2D eigenvalue weighted by Crippen LogP contribution is 2.14. The van der Waals surface area contributed by atoms with Gasteiger partial charge in [-0.25, -0.2) is 0 Å². The van der Waals surface area contributed by atoms with Crippen molar-refractivity contribution in [1.29, 1.82) is 0 Å². The Morgan fingerprint density at radius 3 is 1.27 bits per heavy atom. The SMILES string of the molecule is CC/C(=N\N=C(/CC)c1ccc(O)cc1)c1ccc(O)cc1. The van der Waals surface area contributed by atoms with E-state index in [2.05, 4.69) is 10.2 Å². The molecule has 2 aromatic carbocycles. The Hall–Kier alpha value is -2.62. The van der Waals surface area contributed by atoms with Gasteiger partial charge in [-0.1, -0.05) is 13.8 Å². The number of aromatic hydroxyl groups is 2. The highest BCUT2D eigenvalue weighted by atomic mass is 16.3. The maximum atomic E-state index is 9.35. The fraction of sp³-hybridized carbons (Fsp3) is 0.222. The van der Waals surface area contributed by atoms with Crippen molar-refractivity contribution in [1.82, 2.24) is 0 Å². The van der Waals surface area contributed by atoms with Crippen LogP contribution in [-0.4, -0.2) is 21.6 Å². The third kappa shape index (κ3) is 3.95. The zero-order valence-corrected chi connectivity index (χ0v) is 12.8. The third-order valence-corrected chi connectivity index (χ3v) is 3.36. The molecule has 0 atom stereocenters. The number of phenolic OH excluding ortho intramolecular Hbond substituents is 2. The van der Waals surface area contributed by atoms with E-state index in [-0.39, 0.29) is 11.5 Å². The molecule has 0 unspecified atom stereocenters. The number of rotatable bonds is 5. The molecule has 0 aliphatic carbocycles. The van der Waals surface area contributed by atoms with Crippen LogP contribution in [0.15, 0.2) is 58.7 Å². The number of phenols is 2. The van der Waals surface area contributed by atoms with Gasteiger partial charge >= 0.3 is 0 Å². The van der Waals surface area contributed by atoms with Gasteiger partial charge in [0.1, 0.15) is 11.5 Å². The van der Waals surface area contributed by atoms with Gasteiger partial charge in [0.2, 0.25) is 0 Å². The van der Waals surface area contributed by atoms with Gasteiger partial charge in [0.25, 0.3) is 0 Å². The molecule has 2 N–H and O–H groups in total. The minimum absolute atomic E-state index is 0.237. The molecule has 0 fully saturated rings. The second-order valence-electron chi connectivity index (χ2n) is 4.89. The molecule has 0 bridgehead atoms. The largest absolute Gasteiger partial charge is 0.508 e. The van der Waals surface area contributed by atoms with Gasteiger partial charge < -0.3 is 10.2 Å². The number of nitrogens with zero attached hydrogens (tertiary/aromatic N) is 2. The summed E-state index contributed by atoms with van der Waals surface area (Å²) in [5.41, 5.74) is 3.63. The van der Waals surface area contributed by atoms with E-state index in [0.717, 1.165) is 35.4 Å². The first-order valence-corrected chi connectivity index (χ1v) is 7.36. The zero-order chi connectivity index (χ0) is 15.9. The fourth-order valence-corrected chi connectivity index (χ4v) is 2.09. The maximum Gasteiger partial charge on any atom is 0.115 e. The van der Waals surface area contributed by atoms with Crippen molar-refractivity contribution in [3.05, 3.63) is 59.7 Å². The summed E-state index contributed by atoms with van der Waals surface area (Å²) < 4.78 is 0. The average Bonchev–Trinajstić information content (AvgIpc) is 2.54. The molecule has 4 heteroatoms. The first-order valence-electron chi connectivity index (χ1n) is 7.36. The van der Waals surface area contributed by atoms with Crippen LogP contribution >= 0.6 is 0 Å². The van der Waals surface area contributed by atoms with Crippen LogP contribution < -0.4 is 0 Å². The molecule has 0 radical (unpaired) electrons. The molecule has 2 rings (SSSR count). The van der Waals surface area contributed by atoms with E-state index in [0.29, 0.717) is 0 Å². The Labute approximate surface area is 130 Å². The minimum Gasteiger partial charge on any atom is -0.508 e.